The molecule has 4 aromatic heterocycles. The number of carbonyl (C=O) groups is 3. The highest BCUT2D eigenvalue weighted by molar-refractivity contribution is 6.29. The molecule has 0 unspecified atom stereocenters. The van der Waals surface area contributed by atoms with Crippen molar-refractivity contribution in [3.05, 3.63) is 268 Å². The molecule has 0 amide bonds. The second kappa shape index (κ2) is 25.2. The van der Waals surface area contributed by atoms with E-state index in [1.54, 1.807) is 0 Å². The van der Waals surface area contributed by atoms with Gasteiger partial charge in [0.05, 0.1) is 16.7 Å². The maximum Gasteiger partial charge on any atom is 0.338 e. The van der Waals surface area contributed by atoms with E-state index in [-0.39, 0.29) is 70.0 Å². The van der Waals surface area contributed by atoms with Crippen LogP contribution in [-0.4, -0.2) is 62.8 Å². The quantitative estimate of drug-likeness (QED) is 0.0737. The maximum atomic E-state index is 14.5. The number of hydrogen-bond donors (Lipinski definition) is 0. The van der Waals surface area contributed by atoms with Gasteiger partial charge >= 0.3 is 53.0 Å². The smallest absolute Gasteiger partial charge is 0.338 e. The minimum atomic E-state index is -0.798. The molecule has 24 heteroatoms. The van der Waals surface area contributed by atoms with Crippen LogP contribution in [0.1, 0.15) is 47.8 Å². The first-order chi connectivity index (χ1) is 51.3. The van der Waals surface area contributed by atoms with Crippen molar-refractivity contribution in [3.63, 3.8) is 0 Å². The molecule has 0 aliphatic rings. The summed E-state index contributed by atoms with van der Waals surface area (Å²) in [5.41, 5.74) is 1.42. The summed E-state index contributed by atoms with van der Waals surface area (Å²) in [6, 6.07) is 67.1. The summed E-state index contributed by atoms with van der Waals surface area (Å²) < 4.78 is 55.8. The molecule has 105 heavy (non-hydrogen) atoms. The Hall–Kier alpha value is -13.5. The highest BCUT2D eigenvalue weighted by Crippen LogP contribution is 2.40. The summed E-state index contributed by atoms with van der Waals surface area (Å²) in [6.45, 7) is -0.402. The van der Waals surface area contributed by atoms with Gasteiger partial charge in [-0.05, 0) is 185 Å². The van der Waals surface area contributed by atoms with E-state index in [9.17, 15) is 14.4 Å². The Morgan fingerprint density at radius 1 is 0.257 bits per heavy atom. The summed E-state index contributed by atoms with van der Waals surface area (Å²) >= 11 is 19.8. The maximum absolute atomic E-state index is 14.5. The van der Waals surface area contributed by atoms with Gasteiger partial charge in [-0.1, -0.05) is 164 Å². The molecule has 0 saturated carbocycles. The Morgan fingerprint density at radius 3 is 0.705 bits per heavy atom. The lowest BCUT2D eigenvalue weighted by Crippen LogP contribution is -2.05. The fourth-order valence-electron chi connectivity index (χ4n) is 13.7. The zero-order chi connectivity index (χ0) is 70.6. The van der Waals surface area contributed by atoms with Gasteiger partial charge in [0, 0.05) is 18.2 Å². The first-order valence-electron chi connectivity index (χ1n) is 32.6. The molecule has 15 aromatic carbocycles. The molecule has 0 aliphatic heterocycles. The van der Waals surface area contributed by atoms with Crippen molar-refractivity contribution in [2.24, 2.45) is 0 Å². The molecule has 19 rings (SSSR count). The topological polar surface area (TPSA) is 274 Å². The fraction of sp³-hybridized carbons (Fsp3) is 0.0370. The van der Waals surface area contributed by atoms with Gasteiger partial charge in [-0.25, -0.2) is 14.4 Å². The van der Waals surface area contributed by atoms with Crippen LogP contribution in [0.3, 0.4) is 0 Å². The van der Waals surface area contributed by atoms with Crippen LogP contribution < -0.4 is 0 Å². The number of esters is 3. The summed E-state index contributed by atoms with van der Waals surface area (Å²) in [6.07, 6.45) is 0. The molecule has 0 aliphatic carbocycles. The largest absolute Gasteiger partial charge is 0.457 e. The van der Waals surface area contributed by atoms with Gasteiger partial charge in [-0.15, -0.1) is 15.0 Å². The summed E-state index contributed by atoms with van der Waals surface area (Å²) in [5.74, 6) is -5.01. The van der Waals surface area contributed by atoms with Crippen molar-refractivity contribution in [1.82, 2.24) is 44.9 Å². The predicted octanol–water partition coefficient (Wildman–Crippen LogP) is 20.5. The van der Waals surface area contributed by atoms with Crippen molar-refractivity contribution in [1.29, 1.82) is 0 Å². The SMILES string of the molecule is O=C(OCc1ccc2ccc3cccc4ccc1c2c34)c1cc2cc(c1)oc1nc(Cl)nc(n1)oc1cc(C(=O)OCc3ccc4ccc5cccc6ccc3c4c56)cc(c1)oc1nc(Cl)nc(n1)oc1cc(C(=O)OCc3ccc4ccc5cccc6ccc3c4c56)cc(c1)oc1nc(Cl)nc(n1)o2. The van der Waals surface area contributed by atoms with Crippen molar-refractivity contribution in [3.8, 4) is 0 Å². The highest BCUT2D eigenvalue weighted by atomic mass is 35.5. The minimum Gasteiger partial charge on any atom is -0.457 e. The number of halogens is 3. The van der Waals surface area contributed by atoms with E-state index in [0.717, 1.165) is 114 Å². The number of fused-ring (bicyclic) bond motifs is 12. The normalized spacial score (nSPS) is 11.8. The Balaban J connectivity index is 0.762. The minimum absolute atomic E-state index is 0.0784. The average molecular weight is 1440 g/mol. The van der Waals surface area contributed by atoms with Crippen LogP contribution in [0, 0.1) is 0 Å². The number of carbonyl (C=O) groups excluding carboxylic acids is 3. The number of benzene rings is 15. The van der Waals surface area contributed by atoms with Crippen LogP contribution in [-0.2, 0) is 34.0 Å². The van der Waals surface area contributed by atoms with Crippen molar-refractivity contribution >= 4 is 218 Å². The van der Waals surface area contributed by atoms with Gasteiger partial charge in [-0.3, -0.25) is 0 Å². The van der Waals surface area contributed by atoms with Crippen LogP contribution in [0.25, 0.3) is 166 Å². The lowest BCUT2D eigenvalue weighted by Gasteiger charge is -2.14. The standard InChI is InChI=1S/C81H42Cl3N9O12/c82-73-85-76-91-78(87-73)102-57-30-53(71(95)98-38-50-20-17-47-14-11-41-5-2-8-44-23-26-62(50)68(47)65(41)44)32-59(35-57)104-80-89-75(84)90-81(93-80)105-60-33-54(72(96)99-39-51-21-18-48-15-12-42-6-3-9-45-24-27-63(51)69(48)66(42)45)31-58(36-60)103-79-88-74(83)86-77(92-79)101-56-29-52(28-55(34-56)100-76)70(94)97-37-49-19-16-46-13-10-40-4-1-7-43-22-25-61(49)67(46)64(40)43/h1-36H,37-39H2. The lowest BCUT2D eigenvalue weighted by molar-refractivity contribution is 0.0466. The molecule has 504 valence electrons. The first kappa shape index (κ1) is 62.5. The molecule has 0 atom stereocenters. The third kappa shape index (κ3) is 11.9. The van der Waals surface area contributed by atoms with E-state index >= 15 is 0 Å². The van der Waals surface area contributed by atoms with E-state index in [2.05, 4.69) is 118 Å². The first-order valence-corrected chi connectivity index (χ1v) is 33.7. The van der Waals surface area contributed by atoms with Crippen molar-refractivity contribution < 1.29 is 55.1 Å². The Labute approximate surface area is 602 Å². The Kier molecular flexibility index (Phi) is 15.0. The lowest BCUT2D eigenvalue weighted by atomic mass is 9.92. The van der Waals surface area contributed by atoms with Crippen LogP contribution in [0.5, 0.6) is 0 Å². The van der Waals surface area contributed by atoms with Gasteiger partial charge in [0.2, 0.25) is 15.9 Å². The van der Waals surface area contributed by atoms with Gasteiger partial charge in [0.15, 0.2) is 0 Å². The average Bonchev–Trinajstić information content (AvgIpc) is 0.751. The molecule has 0 fully saturated rings. The fourth-order valence-corrected chi connectivity index (χ4v) is 14.2. The molecular weight excluding hydrogens is 1400 g/mol. The molecule has 0 spiro atoms. The molecule has 19 aromatic rings. The van der Waals surface area contributed by atoms with Gasteiger partial charge in [0.25, 0.3) is 0 Å². The Morgan fingerprint density at radius 2 is 0.467 bits per heavy atom. The zero-order valence-corrected chi connectivity index (χ0v) is 56.2. The van der Waals surface area contributed by atoms with E-state index in [0.29, 0.717) is 0 Å². The molecule has 0 saturated heterocycles. The second-order valence-electron chi connectivity index (χ2n) is 24.7. The summed E-state index contributed by atoms with van der Waals surface area (Å²) in [5, 5.41) is 17.5. The zero-order valence-electron chi connectivity index (χ0n) is 54.0. The van der Waals surface area contributed by atoms with Crippen molar-refractivity contribution in [2.45, 2.75) is 19.8 Å². The van der Waals surface area contributed by atoms with E-state index in [1.165, 1.54) is 54.6 Å². The Bertz CT molecular complexity index is 6350. The van der Waals surface area contributed by atoms with Gasteiger partial charge < -0.3 is 40.7 Å². The van der Waals surface area contributed by atoms with Crippen LogP contribution in [0.2, 0.25) is 15.9 Å². The van der Waals surface area contributed by atoms with E-state index in [4.69, 9.17) is 75.5 Å². The number of rotatable bonds is 9. The molecular formula is C81H42Cl3N9O12. The number of hydrogen-bond acceptors (Lipinski definition) is 21. The number of ether oxygens (including phenoxy) is 3. The van der Waals surface area contributed by atoms with Gasteiger partial charge in [0.1, 0.15) is 53.3 Å². The van der Waals surface area contributed by atoms with Crippen LogP contribution in [0.4, 0.5) is 0 Å². The molecule has 21 nitrogen and oxygen atoms in total. The second-order valence-corrected chi connectivity index (χ2v) is 25.7. The third-order valence-corrected chi connectivity index (χ3v) is 18.7. The monoisotopic (exact) mass is 1440 g/mol. The number of aromatic nitrogens is 9. The van der Waals surface area contributed by atoms with E-state index in [1.807, 2.05) is 91.0 Å². The highest BCUT2D eigenvalue weighted by Gasteiger charge is 2.20. The molecule has 0 radical (unpaired) electrons. The van der Waals surface area contributed by atoms with Crippen LogP contribution in [0.15, 0.2) is 245 Å². The van der Waals surface area contributed by atoms with E-state index < -0.39 is 68.8 Å². The van der Waals surface area contributed by atoms with Gasteiger partial charge in [-0.2, -0.15) is 29.9 Å². The molecule has 12 bridgehead atoms. The van der Waals surface area contributed by atoms with Crippen LogP contribution >= 0.6 is 34.8 Å². The predicted molar refractivity (Wildman–Crippen MR) is 397 cm³/mol. The van der Waals surface area contributed by atoms with Crippen molar-refractivity contribution in [2.75, 3.05) is 0 Å². The third-order valence-electron chi connectivity index (χ3n) is 18.2. The molecule has 4 heterocycles. The summed E-state index contributed by atoms with van der Waals surface area (Å²) in [7, 11) is 0. The molecule has 0 N–H and O–H groups in total. The number of nitrogens with zero attached hydrogens (tertiary/aromatic N) is 9. The summed E-state index contributed by atoms with van der Waals surface area (Å²) in [4.78, 5) is 82.1.